The fraction of sp³-hybridized carbons (Fsp3) is 0.438. The molecule has 1 aromatic heterocycles. The predicted octanol–water partition coefficient (Wildman–Crippen LogP) is 2.44. The number of aliphatic carboxylic acids is 1. The maximum absolute atomic E-state index is 12.4. The summed E-state index contributed by atoms with van der Waals surface area (Å²) in [4.78, 5) is 28.9. The zero-order chi connectivity index (χ0) is 15.5. The van der Waals surface area contributed by atoms with Gasteiger partial charge in [0.05, 0.1) is 0 Å². The SMILES string of the molecule is CC1(C)CCCN(C(=O)c2ccc(C=CC(=O)O)cn2)C1. The minimum absolute atomic E-state index is 0.0588. The fourth-order valence-corrected chi connectivity index (χ4v) is 2.56. The lowest BCUT2D eigenvalue weighted by Crippen LogP contribution is -2.43. The monoisotopic (exact) mass is 288 g/mol. The fourth-order valence-electron chi connectivity index (χ4n) is 2.56. The van der Waals surface area contributed by atoms with Gasteiger partial charge in [0.15, 0.2) is 0 Å². The lowest BCUT2D eigenvalue weighted by molar-refractivity contribution is -0.131. The number of likely N-dealkylation sites (tertiary alicyclic amines) is 1. The number of aromatic nitrogens is 1. The third kappa shape index (κ3) is 4.15. The van der Waals surface area contributed by atoms with E-state index < -0.39 is 5.97 Å². The lowest BCUT2D eigenvalue weighted by Gasteiger charge is -2.37. The number of carboxylic acid groups (broad SMARTS) is 1. The Kier molecular flexibility index (Phi) is 4.40. The summed E-state index contributed by atoms with van der Waals surface area (Å²) in [7, 11) is 0. The van der Waals surface area contributed by atoms with Crippen LogP contribution in [0.25, 0.3) is 6.08 Å². The highest BCUT2D eigenvalue weighted by Gasteiger charge is 2.29. The molecule has 0 spiro atoms. The summed E-state index contributed by atoms with van der Waals surface area (Å²) in [6.45, 7) is 5.85. The first-order chi connectivity index (χ1) is 9.87. The van der Waals surface area contributed by atoms with E-state index in [1.54, 1.807) is 12.1 Å². The van der Waals surface area contributed by atoms with Crippen LogP contribution >= 0.6 is 0 Å². The summed E-state index contributed by atoms with van der Waals surface area (Å²) in [5, 5.41) is 8.57. The van der Waals surface area contributed by atoms with Gasteiger partial charge in [0.25, 0.3) is 5.91 Å². The van der Waals surface area contributed by atoms with Crippen LogP contribution < -0.4 is 0 Å². The van der Waals surface area contributed by atoms with Gasteiger partial charge >= 0.3 is 5.97 Å². The van der Waals surface area contributed by atoms with Gasteiger partial charge in [-0.15, -0.1) is 0 Å². The van der Waals surface area contributed by atoms with Crippen molar-refractivity contribution in [1.29, 1.82) is 0 Å². The molecule has 1 aromatic rings. The Balaban J connectivity index is 2.08. The maximum Gasteiger partial charge on any atom is 0.328 e. The zero-order valence-electron chi connectivity index (χ0n) is 12.4. The van der Waals surface area contributed by atoms with E-state index in [9.17, 15) is 9.59 Å². The Morgan fingerprint density at radius 3 is 2.71 bits per heavy atom. The quantitative estimate of drug-likeness (QED) is 0.867. The van der Waals surface area contributed by atoms with Crippen molar-refractivity contribution in [1.82, 2.24) is 9.88 Å². The maximum atomic E-state index is 12.4. The number of nitrogens with zero attached hydrogens (tertiary/aromatic N) is 2. The Labute approximate surface area is 124 Å². The second-order valence-electron chi connectivity index (χ2n) is 6.14. The lowest BCUT2D eigenvalue weighted by atomic mass is 9.84. The summed E-state index contributed by atoms with van der Waals surface area (Å²) in [5.41, 5.74) is 1.21. The van der Waals surface area contributed by atoms with Gasteiger partial charge in [0, 0.05) is 25.4 Å². The predicted molar refractivity (Wildman–Crippen MR) is 79.8 cm³/mol. The highest BCUT2D eigenvalue weighted by Crippen LogP contribution is 2.29. The molecule has 0 radical (unpaired) electrons. The van der Waals surface area contributed by atoms with Crippen LogP contribution in [0.3, 0.4) is 0 Å². The van der Waals surface area contributed by atoms with Crippen LogP contribution in [0.5, 0.6) is 0 Å². The van der Waals surface area contributed by atoms with E-state index in [0.717, 1.165) is 32.0 Å². The zero-order valence-corrected chi connectivity index (χ0v) is 12.4. The third-order valence-corrected chi connectivity index (χ3v) is 3.61. The Hall–Kier alpha value is -2.17. The van der Waals surface area contributed by atoms with Crippen LogP contribution in [0.2, 0.25) is 0 Å². The second kappa shape index (κ2) is 6.08. The van der Waals surface area contributed by atoms with E-state index >= 15 is 0 Å². The van der Waals surface area contributed by atoms with E-state index in [0.29, 0.717) is 11.3 Å². The Morgan fingerprint density at radius 1 is 1.38 bits per heavy atom. The highest BCUT2D eigenvalue weighted by molar-refractivity contribution is 5.92. The first-order valence-corrected chi connectivity index (χ1v) is 7.04. The molecule has 2 rings (SSSR count). The van der Waals surface area contributed by atoms with Crippen molar-refractivity contribution >= 4 is 18.0 Å². The first-order valence-electron chi connectivity index (χ1n) is 7.04. The molecule has 0 atom stereocenters. The summed E-state index contributed by atoms with van der Waals surface area (Å²) >= 11 is 0. The minimum Gasteiger partial charge on any atom is -0.478 e. The molecule has 0 bridgehead atoms. The van der Waals surface area contributed by atoms with Crippen LogP contribution in [0.1, 0.15) is 42.7 Å². The van der Waals surface area contributed by atoms with Gasteiger partial charge in [-0.3, -0.25) is 9.78 Å². The number of rotatable bonds is 3. The van der Waals surface area contributed by atoms with Crippen LogP contribution in [-0.4, -0.2) is 40.0 Å². The topological polar surface area (TPSA) is 70.5 Å². The molecule has 0 aromatic carbocycles. The van der Waals surface area contributed by atoms with E-state index in [1.807, 2.05) is 4.90 Å². The van der Waals surface area contributed by atoms with E-state index in [2.05, 4.69) is 18.8 Å². The smallest absolute Gasteiger partial charge is 0.328 e. The molecule has 21 heavy (non-hydrogen) atoms. The van der Waals surface area contributed by atoms with Gasteiger partial charge in [0.2, 0.25) is 0 Å². The third-order valence-electron chi connectivity index (χ3n) is 3.61. The Morgan fingerprint density at radius 2 is 2.14 bits per heavy atom. The van der Waals surface area contributed by atoms with Crippen molar-refractivity contribution in [2.24, 2.45) is 5.41 Å². The standard InChI is InChI=1S/C16H20N2O3/c1-16(2)8-3-9-18(11-16)15(21)13-6-4-12(10-17-13)5-7-14(19)20/h4-7,10H,3,8-9,11H2,1-2H3,(H,19,20). The molecule has 2 heterocycles. The molecule has 1 amide bonds. The van der Waals surface area contributed by atoms with Gasteiger partial charge in [-0.2, -0.15) is 0 Å². The van der Waals surface area contributed by atoms with Crippen LogP contribution in [-0.2, 0) is 4.79 Å². The Bertz CT molecular complexity index is 561. The summed E-state index contributed by atoms with van der Waals surface area (Å²) in [6, 6.07) is 3.35. The molecule has 0 aliphatic carbocycles. The number of hydrogen-bond donors (Lipinski definition) is 1. The molecular formula is C16H20N2O3. The average molecular weight is 288 g/mol. The van der Waals surface area contributed by atoms with Gasteiger partial charge in [-0.05, 0) is 36.0 Å². The van der Waals surface area contributed by atoms with Crippen LogP contribution in [0.4, 0.5) is 0 Å². The second-order valence-corrected chi connectivity index (χ2v) is 6.14. The van der Waals surface area contributed by atoms with Gasteiger partial charge in [0.1, 0.15) is 5.69 Å². The molecule has 112 valence electrons. The van der Waals surface area contributed by atoms with Crippen molar-refractivity contribution in [3.8, 4) is 0 Å². The molecule has 5 nitrogen and oxygen atoms in total. The van der Waals surface area contributed by atoms with Crippen molar-refractivity contribution in [3.05, 3.63) is 35.7 Å². The number of carboxylic acids is 1. The van der Waals surface area contributed by atoms with Crippen LogP contribution in [0.15, 0.2) is 24.4 Å². The molecule has 1 aliphatic heterocycles. The molecule has 0 saturated carbocycles. The molecular weight excluding hydrogens is 268 g/mol. The molecule has 0 unspecified atom stereocenters. The van der Waals surface area contributed by atoms with Gasteiger partial charge in [-0.1, -0.05) is 19.9 Å². The normalized spacial score (nSPS) is 17.9. The van der Waals surface area contributed by atoms with Crippen molar-refractivity contribution in [3.63, 3.8) is 0 Å². The number of piperidine rings is 1. The summed E-state index contributed by atoms with van der Waals surface area (Å²) in [5.74, 6) is -1.07. The average Bonchev–Trinajstić information content (AvgIpc) is 2.44. The number of pyridine rings is 1. The van der Waals surface area contributed by atoms with Crippen molar-refractivity contribution in [2.75, 3.05) is 13.1 Å². The minimum atomic E-state index is -1.01. The molecule has 1 fully saturated rings. The van der Waals surface area contributed by atoms with Crippen LogP contribution in [0, 0.1) is 5.41 Å². The van der Waals surface area contributed by atoms with E-state index in [-0.39, 0.29) is 11.3 Å². The molecule has 1 aliphatic rings. The first kappa shape index (κ1) is 15.2. The largest absolute Gasteiger partial charge is 0.478 e. The van der Waals surface area contributed by atoms with Gasteiger partial charge < -0.3 is 10.0 Å². The summed E-state index contributed by atoms with van der Waals surface area (Å²) in [6.07, 6.45) is 6.16. The molecule has 1 N–H and O–H groups in total. The molecule has 1 saturated heterocycles. The number of hydrogen-bond acceptors (Lipinski definition) is 3. The van der Waals surface area contributed by atoms with Gasteiger partial charge in [-0.25, -0.2) is 4.79 Å². The van der Waals surface area contributed by atoms with Crippen molar-refractivity contribution in [2.45, 2.75) is 26.7 Å². The van der Waals surface area contributed by atoms with Crippen molar-refractivity contribution < 1.29 is 14.7 Å². The summed E-state index contributed by atoms with van der Waals surface area (Å²) < 4.78 is 0. The van der Waals surface area contributed by atoms with E-state index in [4.69, 9.17) is 5.11 Å². The number of amides is 1. The molecule has 5 heteroatoms. The highest BCUT2D eigenvalue weighted by atomic mass is 16.4. The number of carbonyl (C=O) groups excluding carboxylic acids is 1. The van der Waals surface area contributed by atoms with E-state index in [1.165, 1.54) is 12.3 Å². The number of carbonyl (C=O) groups is 2.